The largest absolute Gasteiger partial charge is 0.493 e. The number of hydrogen-bond acceptors (Lipinski definition) is 3. The van der Waals surface area contributed by atoms with Crippen molar-refractivity contribution in [2.75, 3.05) is 26.7 Å². The van der Waals surface area contributed by atoms with Gasteiger partial charge in [-0.3, -0.25) is 0 Å². The van der Waals surface area contributed by atoms with Crippen LogP contribution in [0.1, 0.15) is 18.4 Å². The average molecular weight is 301 g/mol. The van der Waals surface area contributed by atoms with Crippen LogP contribution in [0.4, 0.5) is 0 Å². The van der Waals surface area contributed by atoms with E-state index in [4.69, 9.17) is 14.2 Å². The van der Waals surface area contributed by atoms with Crippen molar-refractivity contribution in [3.63, 3.8) is 0 Å². The highest BCUT2D eigenvalue weighted by Crippen LogP contribution is 2.52. The first kappa shape index (κ1) is 12.6. The maximum Gasteiger partial charge on any atom is 0.203 e. The number of hydrogen-bond donors (Lipinski definition) is 0. The van der Waals surface area contributed by atoms with E-state index in [1.165, 1.54) is 18.4 Å². The molecule has 0 atom stereocenters. The van der Waals surface area contributed by atoms with Crippen molar-refractivity contribution in [3.05, 3.63) is 17.7 Å². The average Bonchev–Trinajstić information content (AvgIpc) is 3.17. The van der Waals surface area contributed by atoms with Crippen molar-refractivity contribution >= 4 is 15.9 Å². The molecule has 0 aliphatic heterocycles. The van der Waals surface area contributed by atoms with Crippen LogP contribution in [0.2, 0.25) is 0 Å². The lowest BCUT2D eigenvalue weighted by molar-refractivity contribution is 0.323. The first-order valence-electron chi connectivity index (χ1n) is 5.57. The van der Waals surface area contributed by atoms with Gasteiger partial charge in [-0.1, -0.05) is 15.9 Å². The second kappa shape index (κ2) is 4.77. The van der Waals surface area contributed by atoms with E-state index < -0.39 is 0 Å². The zero-order valence-electron chi connectivity index (χ0n) is 10.4. The molecule has 1 aliphatic carbocycles. The van der Waals surface area contributed by atoms with Gasteiger partial charge < -0.3 is 14.2 Å². The summed E-state index contributed by atoms with van der Waals surface area (Å²) in [6, 6.07) is 4.10. The van der Waals surface area contributed by atoms with Crippen molar-refractivity contribution in [3.8, 4) is 17.2 Å². The lowest BCUT2D eigenvalue weighted by Crippen LogP contribution is -2.09. The van der Waals surface area contributed by atoms with Crippen LogP contribution >= 0.6 is 15.9 Å². The van der Waals surface area contributed by atoms with Crippen LogP contribution < -0.4 is 14.2 Å². The summed E-state index contributed by atoms with van der Waals surface area (Å²) >= 11 is 3.59. The normalized spacial score (nSPS) is 16.5. The number of alkyl halides is 1. The lowest BCUT2D eigenvalue weighted by Gasteiger charge is -2.18. The monoisotopic (exact) mass is 300 g/mol. The highest BCUT2D eigenvalue weighted by Gasteiger charge is 2.44. The van der Waals surface area contributed by atoms with Crippen molar-refractivity contribution in [1.29, 1.82) is 0 Å². The van der Waals surface area contributed by atoms with Crippen LogP contribution in [-0.4, -0.2) is 26.7 Å². The van der Waals surface area contributed by atoms with Gasteiger partial charge in [-0.15, -0.1) is 0 Å². The Labute approximate surface area is 110 Å². The van der Waals surface area contributed by atoms with Gasteiger partial charge in [0.25, 0.3) is 0 Å². The van der Waals surface area contributed by atoms with E-state index in [1.54, 1.807) is 21.3 Å². The molecule has 0 amide bonds. The van der Waals surface area contributed by atoms with E-state index in [-0.39, 0.29) is 5.41 Å². The van der Waals surface area contributed by atoms with Crippen molar-refractivity contribution < 1.29 is 14.2 Å². The summed E-state index contributed by atoms with van der Waals surface area (Å²) in [5.41, 5.74) is 1.51. The molecule has 0 N–H and O–H groups in total. The molecule has 0 heterocycles. The zero-order chi connectivity index (χ0) is 12.5. The Morgan fingerprint density at radius 3 is 1.88 bits per heavy atom. The SMILES string of the molecule is COc1cc(C2(CBr)CC2)cc(OC)c1OC. The van der Waals surface area contributed by atoms with Gasteiger partial charge in [0.2, 0.25) is 5.75 Å². The summed E-state index contributed by atoms with van der Waals surface area (Å²) in [7, 11) is 4.92. The van der Waals surface area contributed by atoms with E-state index in [9.17, 15) is 0 Å². The number of rotatable bonds is 5. The minimum Gasteiger partial charge on any atom is -0.493 e. The Morgan fingerprint density at radius 2 is 1.59 bits per heavy atom. The van der Waals surface area contributed by atoms with Crippen LogP contribution in [0.25, 0.3) is 0 Å². The molecule has 17 heavy (non-hydrogen) atoms. The van der Waals surface area contributed by atoms with Crippen LogP contribution in [0, 0.1) is 0 Å². The molecule has 0 radical (unpaired) electrons. The summed E-state index contributed by atoms with van der Waals surface area (Å²) in [6.45, 7) is 0. The maximum atomic E-state index is 5.37. The third-order valence-electron chi connectivity index (χ3n) is 3.39. The molecule has 4 heteroatoms. The second-order valence-electron chi connectivity index (χ2n) is 4.33. The molecule has 1 fully saturated rings. The van der Waals surface area contributed by atoms with Crippen LogP contribution in [0.15, 0.2) is 12.1 Å². The van der Waals surface area contributed by atoms with E-state index in [0.717, 1.165) is 16.8 Å². The topological polar surface area (TPSA) is 27.7 Å². The first-order valence-corrected chi connectivity index (χ1v) is 6.69. The number of halogens is 1. The molecule has 0 bridgehead atoms. The molecular formula is C13H17BrO3. The summed E-state index contributed by atoms with van der Waals surface area (Å²) in [5.74, 6) is 2.12. The van der Waals surface area contributed by atoms with Gasteiger partial charge in [0, 0.05) is 10.7 Å². The fourth-order valence-corrected chi connectivity index (χ4v) is 2.92. The first-order chi connectivity index (χ1) is 8.20. The Bertz CT molecular complexity index is 388. The Kier molecular flexibility index (Phi) is 3.52. The van der Waals surface area contributed by atoms with E-state index in [0.29, 0.717) is 5.75 Å². The van der Waals surface area contributed by atoms with Gasteiger partial charge in [0.15, 0.2) is 11.5 Å². The van der Waals surface area contributed by atoms with Gasteiger partial charge in [0.1, 0.15) is 0 Å². The predicted octanol–water partition coefficient (Wildman–Crippen LogP) is 3.14. The molecule has 0 aromatic heterocycles. The van der Waals surface area contributed by atoms with Crippen LogP contribution in [-0.2, 0) is 5.41 Å². The highest BCUT2D eigenvalue weighted by atomic mass is 79.9. The minimum atomic E-state index is 0.257. The van der Waals surface area contributed by atoms with Gasteiger partial charge in [-0.2, -0.15) is 0 Å². The molecule has 94 valence electrons. The highest BCUT2D eigenvalue weighted by molar-refractivity contribution is 9.09. The minimum absolute atomic E-state index is 0.257. The third-order valence-corrected chi connectivity index (χ3v) is 4.46. The smallest absolute Gasteiger partial charge is 0.203 e. The van der Waals surface area contributed by atoms with E-state index in [2.05, 4.69) is 28.1 Å². The molecule has 3 nitrogen and oxygen atoms in total. The van der Waals surface area contributed by atoms with Crippen molar-refractivity contribution in [2.45, 2.75) is 18.3 Å². The number of benzene rings is 1. The predicted molar refractivity (Wildman–Crippen MR) is 70.8 cm³/mol. The molecule has 1 aromatic rings. The Balaban J connectivity index is 2.49. The summed E-state index contributed by atoms with van der Waals surface area (Å²) in [6.07, 6.45) is 2.41. The maximum absolute atomic E-state index is 5.37. The van der Waals surface area contributed by atoms with E-state index in [1.807, 2.05) is 0 Å². The molecule has 0 spiro atoms. The molecule has 0 saturated heterocycles. The summed E-state index contributed by atoms with van der Waals surface area (Å²) in [5, 5.41) is 0.971. The second-order valence-corrected chi connectivity index (χ2v) is 4.89. The molecule has 0 unspecified atom stereocenters. The van der Waals surface area contributed by atoms with E-state index >= 15 is 0 Å². The quantitative estimate of drug-likeness (QED) is 0.782. The van der Waals surface area contributed by atoms with Gasteiger partial charge >= 0.3 is 0 Å². The van der Waals surface area contributed by atoms with Crippen molar-refractivity contribution in [1.82, 2.24) is 0 Å². The standard InChI is InChI=1S/C13H17BrO3/c1-15-10-6-9(13(8-14)4-5-13)7-11(16-2)12(10)17-3/h6-7H,4-5,8H2,1-3H3. The fourth-order valence-electron chi connectivity index (χ4n) is 2.04. The summed E-state index contributed by atoms with van der Waals surface area (Å²) in [4.78, 5) is 0. The van der Waals surface area contributed by atoms with Gasteiger partial charge in [0.05, 0.1) is 21.3 Å². The number of ether oxygens (including phenoxy) is 3. The fraction of sp³-hybridized carbons (Fsp3) is 0.538. The molecular weight excluding hydrogens is 284 g/mol. The number of methoxy groups -OCH3 is 3. The van der Waals surface area contributed by atoms with Gasteiger partial charge in [-0.05, 0) is 30.5 Å². The lowest BCUT2D eigenvalue weighted by atomic mass is 9.97. The van der Waals surface area contributed by atoms with Crippen LogP contribution in [0.5, 0.6) is 17.2 Å². The zero-order valence-corrected chi connectivity index (χ0v) is 12.0. The van der Waals surface area contributed by atoms with Crippen LogP contribution in [0.3, 0.4) is 0 Å². The molecule has 1 aliphatic rings. The Morgan fingerprint density at radius 1 is 1.06 bits per heavy atom. The summed E-state index contributed by atoms with van der Waals surface area (Å²) < 4.78 is 16.1. The molecule has 1 saturated carbocycles. The van der Waals surface area contributed by atoms with Gasteiger partial charge in [-0.25, -0.2) is 0 Å². The molecule has 2 rings (SSSR count). The third kappa shape index (κ3) is 2.10. The molecule has 1 aromatic carbocycles. The Hall–Kier alpha value is -0.900. The van der Waals surface area contributed by atoms with Crippen molar-refractivity contribution in [2.24, 2.45) is 0 Å².